The van der Waals surface area contributed by atoms with Crippen LogP contribution in [0.25, 0.3) is 0 Å². The van der Waals surface area contributed by atoms with E-state index in [2.05, 4.69) is 33.1 Å². The lowest BCUT2D eigenvalue weighted by Gasteiger charge is -2.06. The van der Waals surface area contributed by atoms with Gasteiger partial charge in [0.25, 0.3) is 5.91 Å². The highest BCUT2D eigenvalue weighted by Crippen LogP contribution is 2.17. The zero-order chi connectivity index (χ0) is 17.2. The molecule has 0 atom stereocenters. The molecule has 124 valence electrons. The average molecular weight is 392 g/mol. The third-order valence-electron chi connectivity index (χ3n) is 2.80. The van der Waals surface area contributed by atoms with Crippen molar-refractivity contribution in [2.75, 3.05) is 19.8 Å². The maximum atomic E-state index is 13.3. The lowest BCUT2D eigenvalue weighted by molar-refractivity contribution is -0.122. The molecule has 0 bridgehead atoms. The molecule has 0 saturated carbocycles. The summed E-state index contributed by atoms with van der Waals surface area (Å²) < 4.78 is 24.7. The Kier molecular flexibility index (Phi) is 7.12. The van der Waals surface area contributed by atoms with Crippen LogP contribution in [-0.4, -0.2) is 25.7 Å². The lowest BCUT2D eigenvalue weighted by atomic mass is 10.3. The van der Waals surface area contributed by atoms with Crippen LogP contribution in [-0.2, 0) is 4.79 Å². The van der Waals surface area contributed by atoms with Gasteiger partial charge in [0.05, 0.1) is 6.54 Å². The van der Waals surface area contributed by atoms with Crippen LogP contribution in [0.3, 0.4) is 0 Å². The molecule has 0 aliphatic carbocycles. The average Bonchev–Trinajstić information content (AvgIpc) is 2.57. The predicted molar refractivity (Wildman–Crippen MR) is 92.3 cm³/mol. The number of halogens is 2. The van der Waals surface area contributed by atoms with Gasteiger partial charge in [0.2, 0.25) is 0 Å². The number of carbonyl (C=O) groups excluding carboxylic acids is 1. The molecule has 0 aromatic heterocycles. The quantitative estimate of drug-likeness (QED) is 0.769. The Labute approximate surface area is 148 Å². The predicted octanol–water partition coefficient (Wildman–Crippen LogP) is 3.17. The topological polar surface area (TPSA) is 47.6 Å². The molecule has 1 amide bonds. The Morgan fingerprint density at radius 2 is 1.96 bits per heavy atom. The van der Waals surface area contributed by atoms with Crippen molar-refractivity contribution in [3.8, 4) is 23.3 Å². The first kappa shape index (κ1) is 17.8. The molecular formula is C18H15BrFNO3. The van der Waals surface area contributed by atoms with Crippen LogP contribution < -0.4 is 14.8 Å². The van der Waals surface area contributed by atoms with Crippen LogP contribution in [0.5, 0.6) is 11.5 Å². The van der Waals surface area contributed by atoms with Gasteiger partial charge in [-0.05, 0) is 30.3 Å². The number of rotatable bonds is 6. The van der Waals surface area contributed by atoms with E-state index >= 15 is 0 Å². The van der Waals surface area contributed by atoms with E-state index < -0.39 is 5.82 Å². The van der Waals surface area contributed by atoms with E-state index in [0.29, 0.717) is 5.75 Å². The second-order valence-electron chi connectivity index (χ2n) is 4.60. The van der Waals surface area contributed by atoms with Crippen molar-refractivity contribution in [2.24, 2.45) is 0 Å². The number of ether oxygens (including phenoxy) is 2. The lowest BCUT2D eigenvalue weighted by Crippen LogP contribution is -2.29. The fourth-order valence-corrected chi connectivity index (χ4v) is 2.07. The van der Waals surface area contributed by atoms with Crippen molar-refractivity contribution < 1.29 is 18.7 Å². The van der Waals surface area contributed by atoms with Crippen molar-refractivity contribution >= 4 is 21.8 Å². The van der Waals surface area contributed by atoms with Crippen molar-refractivity contribution in [3.05, 3.63) is 58.8 Å². The van der Waals surface area contributed by atoms with Crippen LogP contribution in [0.2, 0.25) is 0 Å². The summed E-state index contributed by atoms with van der Waals surface area (Å²) in [7, 11) is 0. The summed E-state index contributed by atoms with van der Waals surface area (Å²) in [6, 6.07) is 13.3. The number of hydrogen-bond donors (Lipinski definition) is 1. The van der Waals surface area contributed by atoms with Crippen molar-refractivity contribution in [2.45, 2.75) is 0 Å². The highest BCUT2D eigenvalue weighted by Gasteiger charge is 2.04. The first-order chi connectivity index (χ1) is 11.6. The van der Waals surface area contributed by atoms with Gasteiger partial charge < -0.3 is 14.8 Å². The third-order valence-corrected chi connectivity index (χ3v) is 3.29. The normalized spacial score (nSPS) is 9.58. The Morgan fingerprint density at radius 1 is 1.12 bits per heavy atom. The maximum Gasteiger partial charge on any atom is 0.258 e. The fraction of sp³-hybridized carbons (Fsp3) is 0.167. The highest BCUT2D eigenvalue weighted by molar-refractivity contribution is 9.10. The maximum absolute atomic E-state index is 13.3. The standard InChI is InChI=1S/C18H15BrFNO3/c19-14-6-5-7-15(12-14)23-11-4-3-10-21-18(22)13-24-17-9-2-1-8-16(17)20/h1-2,5-9,12H,10-11,13H2,(H,21,22). The SMILES string of the molecule is O=C(COc1ccccc1F)NCC#CCOc1cccc(Br)c1. The second kappa shape index (κ2) is 9.58. The summed E-state index contributed by atoms with van der Waals surface area (Å²) in [5.41, 5.74) is 0. The van der Waals surface area contributed by atoms with Gasteiger partial charge in [0.1, 0.15) is 12.4 Å². The van der Waals surface area contributed by atoms with Crippen LogP contribution in [0.1, 0.15) is 0 Å². The molecule has 24 heavy (non-hydrogen) atoms. The summed E-state index contributed by atoms with van der Waals surface area (Å²) in [6.07, 6.45) is 0. The van der Waals surface area contributed by atoms with E-state index in [-0.39, 0.29) is 31.4 Å². The molecule has 0 heterocycles. The molecule has 0 aliphatic heterocycles. The van der Waals surface area contributed by atoms with Crippen LogP contribution >= 0.6 is 15.9 Å². The minimum Gasteiger partial charge on any atom is -0.481 e. The van der Waals surface area contributed by atoms with Gasteiger partial charge in [0.15, 0.2) is 18.2 Å². The Morgan fingerprint density at radius 3 is 2.75 bits per heavy atom. The Balaban J connectivity index is 1.63. The number of nitrogens with one attached hydrogen (secondary N) is 1. The fourth-order valence-electron chi connectivity index (χ4n) is 1.69. The summed E-state index contributed by atoms with van der Waals surface area (Å²) in [4.78, 5) is 11.6. The molecule has 0 spiro atoms. The van der Waals surface area contributed by atoms with E-state index in [1.807, 2.05) is 24.3 Å². The number of para-hydroxylation sites is 1. The smallest absolute Gasteiger partial charge is 0.258 e. The Bertz CT molecular complexity index is 755. The zero-order valence-electron chi connectivity index (χ0n) is 12.7. The minimum atomic E-state index is -0.505. The van der Waals surface area contributed by atoms with Crippen molar-refractivity contribution in [1.29, 1.82) is 0 Å². The van der Waals surface area contributed by atoms with E-state index in [0.717, 1.165) is 4.47 Å². The van der Waals surface area contributed by atoms with Gasteiger partial charge in [-0.2, -0.15) is 0 Å². The minimum absolute atomic E-state index is 0.0427. The van der Waals surface area contributed by atoms with E-state index in [9.17, 15) is 9.18 Å². The largest absolute Gasteiger partial charge is 0.481 e. The number of amides is 1. The molecule has 2 aromatic carbocycles. The van der Waals surface area contributed by atoms with E-state index in [4.69, 9.17) is 9.47 Å². The van der Waals surface area contributed by atoms with Gasteiger partial charge in [-0.1, -0.05) is 46.0 Å². The van der Waals surface area contributed by atoms with Crippen LogP contribution in [0.15, 0.2) is 53.0 Å². The number of benzene rings is 2. The monoisotopic (exact) mass is 391 g/mol. The van der Waals surface area contributed by atoms with Crippen molar-refractivity contribution in [1.82, 2.24) is 5.32 Å². The molecule has 1 N–H and O–H groups in total. The molecule has 0 aliphatic rings. The van der Waals surface area contributed by atoms with Gasteiger partial charge >= 0.3 is 0 Å². The van der Waals surface area contributed by atoms with Gasteiger partial charge in [0, 0.05) is 4.47 Å². The second-order valence-corrected chi connectivity index (χ2v) is 5.51. The Hall–Kier alpha value is -2.52. The first-order valence-corrected chi connectivity index (χ1v) is 7.92. The van der Waals surface area contributed by atoms with Gasteiger partial charge in [-0.25, -0.2) is 4.39 Å². The summed E-state index contributed by atoms with van der Waals surface area (Å²) in [5.74, 6) is 5.42. The summed E-state index contributed by atoms with van der Waals surface area (Å²) in [6.45, 7) is 0.122. The molecular weight excluding hydrogens is 377 g/mol. The zero-order valence-corrected chi connectivity index (χ0v) is 14.3. The molecule has 0 radical (unpaired) electrons. The van der Waals surface area contributed by atoms with E-state index in [1.165, 1.54) is 12.1 Å². The van der Waals surface area contributed by atoms with Crippen LogP contribution in [0.4, 0.5) is 4.39 Å². The van der Waals surface area contributed by atoms with Gasteiger partial charge in [-0.3, -0.25) is 4.79 Å². The first-order valence-electron chi connectivity index (χ1n) is 7.13. The van der Waals surface area contributed by atoms with E-state index in [1.54, 1.807) is 12.1 Å². The molecule has 0 saturated heterocycles. The number of hydrogen-bond acceptors (Lipinski definition) is 3. The summed E-state index contributed by atoms with van der Waals surface area (Å²) in [5, 5.41) is 2.56. The number of carbonyl (C=O) groups is 1. The molecule has 2 rings (SSSR count). The molecule has 0 unspecified atom stereocenters. The van der Waals surface area contributed by atoms with Crippen molar-refractivity contribution in [3.63, 3.8) is 0 Å². The third kappa shape index (κ3) is 6.31. The molecule has 4 nitrogen and oxygen atoms in total. The highest BCUT2D eigenvalue weighted by atomic mass is 79.9. The van der Waals surface area contributed by atoms with Crippen LogP contribution in [0, 0.1) is 17.7 Å². The molecule has 0 fully saturated rings. The molecule has 6 heteroatoms. The summed E-state index contributed by atoms with van der Waals surface area (Å²) >= 11 is 3.35. The molecule has 2 aromatic rings. The van der Waals surface area contributed by atoms with Gasteiger partial charge in [-0.15, -0.1) is 0 Å².